The van der Waals surface area contributed by atoms with Crippen molar-refractivity contribution in [1.82, 2.24) is 4.90 Å². The average molecular weight is 410 g/mol. The molecule has 3 amide bonds. The number of fused-ring (bicyclic) bond motifs is 1. The SMILES string of the molecule is CCOc1ccc(NC(=O)[C@H](C)OC(=O)CCN2C(=O)c3ccccc3C2=O)cc1. The number of nitrogens with zero attached hydrogens (tertiary/aromatic N) is 1. The third kappa shape index (κ3) is 4.65. The molecule has 0 saturated carbocycles. The van der Waals surface area contributed by atoms with E-state index in [1.807, 2.05) is 6.92 Å². The lowest BCUT2D eigenvalue weighted by atomic mass is 10.1. The highest BCUT2D eigenvalue weighted by Crippen LogP contribution is 2.22. The summed E-state index contributed by atoms with van der Waals surface area (Å²) < 4.78 is 10.5. The zero-order chi connectivity index (χ0) is 21.7. The van der Waals surface area contributed by atoms with E-state index >= 15 is 0 Å². The molecular weight excluding hydrogens is 388 g/mol. The summed E-state index contributed by atoms with van der Waals surface area (Å²) in [7, 11) is 0. The number of nitrogens with one attached hydrogen (secondary N) is 1. The second kappa shape index (κ2) is 9.21. The molecule has 0 aromatic heterocycles. The molecule has 8 nitrogen and oxygen atoms in total. The van der Waals surface area contributed by atoms with Crippen LogP contribution in [0.5, 0.6) is 5.75 Å². The molecule has 8 heteroatoms. The van der Waals surface area contributed by atoms with Crippen LogP contribution in [0.25, 0.3) is 0 Å². The van der Waals surface area contributed by atoms with Gasteiger partial charge in [0.2, 0.25) is 0 Å². The standard InChI is InChI=1S/C22H22N2O6/c1-3-29-16-10-8-15(9-11-16)23-20(26)14(2)30-19(25)12-13-24-21(27)17-6-4-5-7-18(17)22(24)28/h4-11,14H,3,12-13H2,1-2H3,(H,23,26)/t14-/m0/s1. The van der Waals surface area contributed by atoms with Gasteiger partial charge in [-0.3, -0.25) is 24.1 Å². The van der Waals surface area contributed by atoms with Gasteiger partial charge < -0.3 is 14.8 Å². The highest BCUT2D eigenvalue weighted by atomic mass is 16.5. The predicted octanol–water partition coefficient (Wildman–Crippen LogP) is 2.64. The Hall–Kier alpha value is -3.68. The van der Waals surface area contributed by atoms with E-state index in [4.69, 9.17) is 9.47 Å². The number of anilines is 1. The Kier molecular flexibility index (Phi) is 6.46. The molecule has 1 aliphatic rings. The number of hydrogen-bond acceptors (Lipinski definition) is 6. The van der Waals surface area contributed by atoms with Crippen molar-refractivity contribution in [2.24, 2.45) is 0 Å². The molecule has 0 aliphatic carbocycles. The number of carbonyl (C=O) groups excluding carboxylic acids is 4. The second-order valence-corrected chi connectivity index (χ2v) is 6.64. The minimum atomic E-state index is -1.04. The number of imide groups is 1. The van der Waals surface area contributed by atoms with Crippen LogP contribution in [0.4, 0.5) is 5.69 Å². The summed E-state index contributed by atoms with van der Waals surface area (Å²) in [6, 6.07) is 13.3. The fourth-order valence-electron chi connectivity index (χ4n) is 3.00. The van der Waals surface area contributed by atoms with Crippen molar-refractivity contribution in [3.8, 4) is 5.75 Å². The Bertz CT molecular complexity index is 935. The van der Waals surface area contributed by atoms with Crippen LogP contribution in [-0.2, 0) is 14.3 Å². The van der Waals surface area contributed by atoms with Gasteiger partial charge in [-0.05, 0) is 50.2 Å². The quantitative estimate of drug-likeness (QED) is 0.530. The van der Waals surface area contributed by atoms with Gasteiger partial charge in [0.1, 0.15) is 5.75 Å². The van der Waals surface area contributed by atoms with Crippen molar-refractivity contribution in [3.63, 3.8) is 0 Å². The van der Waals surface area contributed by atoms with E-state index in [0.29, 0.717) is 29.2 Å². The summed E-state index contributed by atoms with van der Waals surface area (Å²) in [6.45, 7) is 3.75. The van der Waals surface area contributed by atoms with Gasteiger partial charge in [0.05, 0.1) is 24.2 Å². The summed E-state index contributed by atoms with van der Waals surface area (Å²) in [6.07, 6.45) is -1.24. The zero-order valence-electron chi connectivity index (χ0n) is 16.7. The van der Waals surface area contributed by atoms with Crippen LogP contribution < -0.4 is 10.1 Å². The number of ether oxygens (including phenoxy) is 2. The van der Waals surface area contributed by atoms with Crippen LogP contribution in [0.15, 0.2) is 48.5 Å². The van der Waals surface area contributed by atoms with E-state index in [2.05, 4.69) is 5.32 Å². The Morgan fingerprint density at radius 3 is 2.17 bits per heavy atom. The number of amides is 3. The lowest BCUT2D eigenvalue weighted by Gasteiger charge is -2.16. The van der Waals surface area contributed by atoms with Crippen LogP contribution in [0.1, 0.15) is 41.0 Å². The summed E-state index contributed by atoms with van der Waals surface area (Å²) in [5.74, 6) is -1.37. The minimum Gasteiger partial charge on any atom is -0.494 e. The Balaban J connectivity index is 1.48. The molecule has 0 radical (unpaired) electrons. The van der Waals surface area contributed by atoms with Gasteiger partial charge in [-0.2, -0.15) is 0 Å². The van der Waals surface area contributed by atoms with Crippen molar-refractivity contribution in [2.45, 2.75) is 26.4 Å². The van der Waals surface area contributed by atoms with Gasteiger partial charge in [-0.1, -0.05) is 12.1 Å². The highest BCUT2D eigenvalue weighted by molar-refractivity contribution is 6.21. The molecule has 2 aromatic rings. The number of hydrogen-bond donors (Lipinski definition) is 1. The molecule has 0 saturated heterocycles. The van der Waals surface area contributed by atoms with Crippen molar-refractivity contribution in [1.29, 1.82) is 0 Å². The second-order valence-electron chi connectivity index (χ2n) is 6.64. The molecule has 30 heavy (non-hydrogen) atoms. The zero-order valence-corrected chi connectivity index (χ0v) is 16.7. The van der Waals surface area contributed by atoms with Crippen molar-refractivity contribution in [3.05, 3.63) is 59.7 Å². The number of benzene rings is 2. The van der Waals surface area contributed by atoms with Gasteiger partial charge in [0.15, 0.2) is 6.10 Å². The van der Waals surface area contributed by atoms with Crippen LogP contribution in [0, 0.1) is 0 Å². The van der Waals surface area contributed by atoms with Gasteiger partial charge in [0.25, 0.3) is 17.7 Å². The lowest BCUT2D eigenvalue weighted by Crippen LogP contribution is -2.34. The fourth-order valence-corrected chi connectivity index (χ4v) is 3.00. The monoisotopic (exact) mass is 410 g/mol. The molecule has 1 aliphatic heterocycles. The van der Waals surface area contributed by atoms with E-state index in [9.17, 15) is 19.2 Å². The van der Waals surface area contributed by atoms with E-state index < -0.39 is 29.8 Å². The number of esters is 1. The lowest BCUT2D eigenvalue weighted by molar-refractivity contribution is -0.153. The molecule has 3 rings (SSSR count). The van der Waals surface area contributed by atoms with Gasteiger partial charge in [0, 0.05) is 12.2 Å². The van der Waals surface area contributed by atoms with Crippen molar-refractivity contribution < 1.29 is 28.7 Å². The normalized spacial score (nSPS) is 13.6. The first-order chi connectivity index (χ1) is 14.4. The van der Waals surface area contributed by atoms with Crippen LogP contribution >= 0.6 is 0 Å². The van der Waals surface area contributed by atoms with Crippen LogP contribution in [0.2, 0.25) is 0 Å². The number of carbonyl (C=O) groups is 4. The first-order valence-electron chi connectivity index (χ1n) is 9.59. The summed E-state index contributed by atoms with van der Waals surface area (Å²) in [4.78, 5) is 49.9. The maximum absolute atomic E-state index is 12.3. The summed E-state index contributed by atoms with van der Waals surface area (Å²) in [5.41, 5.74) is 1.18. The van der Waals surface area contributed by atoms with Crippen LogP contribution in [0.3, 0.4) is 0 Å². The molecule has 0 unspecified atom stereocenters. The molecule has 0 spiro atoms. The Morgan fingerprint density at radius 2 is 1.60 bits per heavy atom. The summed E-state index contributed by atoms with van der Waals surface area (Å²) in [5, 5.41) is 2.65. The van der Waals surface area contributed by atoms with E-state index in [1.54, 1.807) is 48.5 Å². The molecule has 0 bridgehead atoms. The van der Waals surface area contributed by atoms with Crippen molar-refractivity contribution in [2.75, 3.05) is 18.5 Å². The van der Waals surface area contributed by atoms with Gasteiger partial charge in [-0.25, -0.2) is 0 Å². The maximum Gasteiger partial charge on any atom is 0.308 e. The maximum atomic E-state index is 12.3. The predicted molar refractivity (Wildman–Crippen MR) is 108 cm³/mol. The molecule has 2 aromatic carbocycles. The number of rotatable bonds is 8. The van der Waals surface area contributed by atoms with Gasteiger partial charge in [-0.15, -0.1) is 0 Å². The first-order valence-corrected chi connectivity index (χ1v) is 9.59. The Labute approximate surface area is 173 Å². The smallest absolute Gasteiger partial charge is 0.308 e. The molecule has 0 fully saturated rings. The Morgan fingerprint density at radius 1 is 1.00 bits per heavy atom. The van der Waals surface area contributed by atoms with E-state index in [0.717, 1.165) is 4.90 Å². The average Bonchev–Trinajstić information content (AvgIpc) is 2.98. The topological polar surface area (TPSA) is 102 Å². The molecule has 1 heterocycles. The third-order valence-corrected chi connectivity index (χ3v) is 4.53. The molecule has 156 valence electrons. The summed E-state index contributed by atoms with van der Waals surface area (Å²) >= 11 is 0. The molecule has 1 atom stereocenters. The third-order valence-electron chi connectivity index (χ3n) is 4.53. The fraction of sp³-hybridized carbons (Fsp3) is 0.273. The first kappa shape index (κ1) is 21.0. The molecular formula is C22H22N2O6. The highest BCUT2D eigenvalue weighted by Gasteiger charge is 2.35. The van der Waals surface area contributed by atoms with Gasteiger partial charge >= 0.3 is 5.97 Å². The van der Waals surface area contributed by atoms with Crippen LogP contribution in [-0.4, -0.2) is 47.8 Å². The van der Waals surface area contributed by atoms with Crippen molar-refractivity contribution >= 4 is 29.4 Å². The largest absolute Gasteiger partial charge is 0.494 e. The molecule has 1 N–H and O–H groups in total. The van der Waals surface area contributed by atoms with E-state index in [-0.39, 0.29) is 13.0 Å². The van der Waals surface area contributed by atoms with E-state index in [1.165, 1.54) is 6.92 Å². The minimum absolute atomic E-state index is 0.113.